The number of hydrogen-bond acceptors (Lipinski definition) is 4. The quantitative estimate of drug-likeness (QED) is 0.394. The van der Waals surface area contributed by atoms with Crippen LogP contribution in [0.4, 0.5) is 0 Å². The Labute approximate surface area is 248 Å². The predicted molar refractivity (Wildman–Crippen MR) is 166 cm³/mol. The summed E-state index contributed by atoms with van der Waals surface area (Å²) in [5.74, 6) is 0.410. The first-order valence-corrected chi connectivity index (χ1v) is 15.8. The summed E-state index contributed by atoms with van der Waals surface area (Å²) < 4.78 is 0. The van der Waals surface area contributed by atoms with Crippen LogP contribution in [0.2, 0.25) is 0 Å². The van der Waals surface area contributed by atoms with Crippen molar-refractivity contribution in [3.8, 4) is 0 Å². The van der Waals surface area contributed by atoms with Crippen LogP contribution in [-0.4, -0.2) is 83.3 Å². The average Bonchev–Trinajstić information content (AvgIpc) is 2.97. The minimum atomic E-state index is -0.619. The second-order valence-electron chi connectivity index (χ2n) is 13.1. The van der Waals surface area contributed by atoms with Gasteiger partial charge in [0.2, 0.25) is 17.7 Å². The molecule has 41 heavy (non-hydrogen) atoms. The number of hydrogen-bond donors (Lipinski definition) is 1. The number of nitrogens with zero attached hydrogens (tertiary/aromatic N) is 3. The van der Waals surface area contributed by atoms with Gasteiger partial charge < -0.3 is 15.1 Å². The lowest BCUT2D eigenvalue weighted by molar-refractivity contribution is -0.140. The number of rotatable bonds is 10. The van der Waals surface area contributed by atoms with Crippen LogP contribution in [0.5, 0.6) is 0 Å². The normalized spacial score (nSPS) is 20.8. The van der Waals surface area contributed by atoms with Crippen molar-refractivity contribution in [3.63, 3.8) is 0 Å². The van der Waals surface area contributed by atoms with Crippen LogP contribution < -0.4 is 5.32 Å². The molecule has 0 bridgehead atoms. The molecule has 0 spiro atoms. The highest BCUT2D eigenvalue weighted by atomic mass is 16.2. The fourth-order valence-electron chi connectivity index (χ4n) is 6.45. The van der Waals surface area contributed by atoms with Crippen molar-refractivity contribution in [3.05, 3.63) is 47.5 Å². The van der Waals surface area contributed by atoms with Gasteiger partial charge in [-0.1, -0.05) is 70.5 Å². The fourth-order valence-corrected chi connectivity index (χ4v) is 6.45. The zero-order valence-electron chi connectivity index (χ0n) is 26.7. The van der Waals surface area contributed by atoms with Crippen molar-refractivity contribution in [2.45, 2.75) is 111 Å². The number of piperidine rings is 2. The second-order valence-corrected chi connectivity index (χ2v) is 13.1. The summed E-state index contributed by atoms with van der Waals surface area (Å²) in [5, 5.41) is 3.12. The lowest BCUT2D eigenvalue weighted by Gasteiger charge is -2.39. The Morgan fingerprint density at radius 2 is 1.54 bits per heavy atom. The summed E-state index contributed by atoms with van der Waals surface area (Å²) in [7, 11) is 1.80. The number of benzene rings is 1. The molecule has 2 fully saturated rings. The van der Waals surface area contributed by atoms with Gasteiger partial charge in [0, 0.05) is 31.8 Å². The van der Waals surface area contributed by atoms with Crippen molar-refractivity contribution >= 4 is 17.7 Å². The first kappa shape index (κ1) is 32.8. The summed E-state index contributed by atoms with van der Waals surface area (Å²) in [6.07, 6.45) is 6.82. The van der Waals surface area contributed by atoms with Crippen molar-refractivity contribution < 1.29 is 14.4 Å². The lowest BCUT2D eigenvalue weighted by Crippen LogP contribution is -2.58. The molecule has 0 radical (unpaired) electrons. The molecule has 3 rings (SSSR count). The van der Waals surface area contributed by atoms with Gasteiger partial charge in [0.25, 0.3) is 0 Å². The van der Waals surface area contributed by atoms with Crippen molar-refractivity contribution in [2.24, 2.45) is 11.8 Å². The molecule has 7 heteroatoms. The number of likely N-dealkylation sites (N-methyl/N-ethyl adjacent to an activating group) is 1. The Hall–Kier alpha value is -2.67. The molecular weight excluding hydrogens is 512 g/mol. The van der Waals surface area contributed by atoms with Crippen molar-refractivity contribution in [1.82, 2.24) is 20.0 Å². The van der Waals surface area contributed by atoms with E-state index in [2.05, 4.69) is 62.2 Å². The lowest BCUT2D eigenvalue weighted by atomic mass is 9.89. The standard InChI is InChI=1S/C34H54N4O3/c1-23(2)30(22-26(7)33(40)37-20-17-28(18-21-37)27-14-10-9-11-15-27)36(8)34(41)31(24(3)4)35-32(39)29-16-12-13-19-38(29)25(5)6/h9-11,14-15,22-25,28-31H,12-13,16-21H2,1-8H3,(H,35,39)/b26-22+/t29-,30?,31+/m1/s1. The molecule has 2 heterocycles. The van der Waals surface area contributed by atoms with Crippen LogP contribution in [0.3, 0.4) is 0 Å². The minimum Gasteiger partial charge on any atom is -0.343 e. The monoisotopic (exact) mass is 566 g/mol. The largest absolute Gasteiger partial charge is 0.343 e. The summed E-state index contributed by atoms with van der Waals surface area (Å²) in [6.45, 7) is 16.6. The second kappa shape index (κ2) is 15.0. The molecule has 0 saturated carbocycles. The molecule has 3 amide bonds. The van der Waals surface area contributed by atoms with E-state index in [1.807, 2.05) is 37.8 Å². The fraction of sp³-hybridized carbons (Fsp3) is 0.676. The zero-order chi connectivity index (χ0) is 30.3. The van der Waals surface area contributed by atoms with E-state index in [1.165, 1.54) is 5.56 Å². The molecule has 1 unspecified atom stereocenters. The van der Waals surface area contributed by atoms with Crippen LogP contribution in [-0.2, 0) is 14.4 Å². The molecule has 2 aliphatic heterocycles. The molecule has 2 aliphatic rings. The first-order valence-electron chi connectivity index (χ1n) is 15.8. The van der Waals surface area contributed by atoms with Crippen LogP contribution in [0.15, 0.2) is 42.0 Å². The Morgan fingerprint density at radius 3 is 2.10 bits per heavy atom. The van der Waals surface area contributed by atoms with Gasteiger partial charge in [-0.2, -0.15) is 0 Å². The number of carbonyl (C=O) groups excluding carboxylic acids is 3. The highest BCUT2D eigenvalue weighted by Crippen LogP contribution is 2.29. The molecule has 228 valence electrons. The van der Waals surface area contributed by atoms with E-state index >= 15 is 0 Å². The van der Waals surface area contributed by atoms with Crippen LogP contribution in [0, 0.1) is 11.8 Å². The Balaban J connectivity index is 1.68. The van der Waals surface area contributed by atoms with Crippen molar-refractivity contribution in [1.29, 1.82) is 0 Å². The van der Waals surface area contributed by atoms with Gasteiger partial charge in [0.05, 0.1) is 12.1 Å². The van der Waals surface area contributed by atoms with E-state index in [4.69, 9.17) is 0 Å². The maximum Gasteiger partial charge on any atom is 0.249 e. The van der Waals surface area contributed by atoms with E-state index in [0.717, 1.165) is 51.7 Å². The third-order valence-electron chi connectivity index (χ3n) is 9.03. The Morgan fingerprint density at radius 1 is 0.902 bits per heavy atom. The summed E-state index contributed by atoms with van der Waals surface area (Å²) in [5.41, 5.74) is 2.01. The van der Waals surface area contributed by atoms with Crippen molar-refractivity contribution in [2.75, 3.05) is 26.7 Å². The maximum absolute atomic E-state index is 13.9. The Bertz CT molecular complexity index is 1040. The molecule has 1 N–H and O–H groups in total. The van der Waals surface area contributed by atoms with E-state index in [0.29, 0.717) is 11.5 Å². The number of nitrogens with one attached hydrogen (secondary N) is 1. The molecule has 0 aliphatic carbocycles. The minimum absolute atomic E-state index is 0.0443. The molecule has 0 aromatic heterocycles. The van der Waals surface area contributed by atoms with Gasteiger partial charge in [-0.05, 0) is 76.3 Å². The zero-order valence-corrected chi connectivity index (χ0v) is 26.7. The van der Waals surface area contributed by atoms with Gasteiger partial charge in [-0.15, -0.1) is 0 Å². The molecule has 3 atom stereocenters. The average molecular weight is 567 g/mol. The SMILES string of the molecule is C/C(=C\C(C(C)C)N(C)C(=O)[C@@H](NC(=O)[C@H]1CCCCN1C(C)C)C(C)C)C(=O)N1CCC(c2ccccc2)CC1. The first-order chi connectivity index (χ1) is 19.4. The highest BCUT2D eigenvalue weighted by molar-refractivity contribution is 5.93. The van der Waals surface area contributed by atoms with Gasteiger partial charge in [0.1, 0.15) is 6.04 Å². The smallest absolute Gasteiger partial charge is 0.249 e. The molecule has 1 aromatic carbocycles. The third-order valence-corrected chi connectivity index (χ3v) is 9.03. The van der Waals surface area contributed by atoms with Gasteiger partial charge in [-0.3, -0.25) is 19.3 Å². The van der Waals surface area contributed by atoms with Gasteiger partial charge >= 0.3 is 0 Å². The van der Waals surface area contributed by atoms with E-state index < -0.39 is 6.04 Å². The van der Waals surface area contributed by atoms with Gasteiger partial charge in [-0.25, -0.2) is 0 Å². The van der Waals surface area contributed by atoms with Crippen LogP contribution in [0.1, 0.15) is 92.1 Å². The molecule has 2 saturated heterocycles. The van der Waals surface area contributed by atoms with Gasteiger partial charge in [0.15, 0.2) is 0 Å². The predicted octanol–water partition coefficient (Wildman–Crippen LogP) is 5.23. The summed E-state index contributed by atoms with van der Waals surface area (Å²) in [4.78, 5) is 46.7. The molecular formula is C34H54N4O3. The van der Waals surface area contributed by atoms with E-state index in [1.54, 1.807) is 11.9 Å². The van der Waals surface area contributed by atoms with Crippen LogP contribution >= 0.6 is 0 Å². The molecule has 1 aromatic rings. The highest BCUT2D eigenvalue weighted by Gasteiger charge is 2.36. The maximum atomic E-state index is 13.9. The third kappa shape index (κ3) is 8.43. The summed E-state index contributed by atoms with van der Waals surface area (Å²) in [6, 6.07) is 9.75. The number of carbonyl (C=O) groups is 3. The number of amides is 3. The number of likely N-dealkylation sites (tertiary alicyclic amines) is 2. The molecule has 7 nitrogen and oxygen atoms in total. The van der Waals surface area contributed by atoms with E-state index in [-0.39, 0.29) is 47.7 Å². The van der Waals surface area contributed by atoms with E-state index in [9.17, 15) is 14.4 Å². The van der Waals surface area contributed by atoms with Crippen LogP contribution in [0.25, 0.3) is 0 Å². The summed E-state index contributed by atoms with van der Waals surface area (Å²) >= 11 is 0. The Kier molecular flexibility index (Phi) is 12.0. The topological polar surface area (TPSA) is 73.0 Å².